The van der Waals surface area contributed by atoms with Crippen molar-refractivity contribution in [3.05, 3.63) is 23.9 Å². The van der Waals surface area contributed by atoms with Crippen LogP contribution >= 0.6 is 0 Å². The van der Waals surface area contributed by atoms with E-state index in [2.05, 4.69) is 9.71 Å². The molecule has 7 heteroatoms. The molecule has 0 amide bonds. The van der Waals surface area contributed by atoms with Crippen LogP contribution in [0.5, 0.6) is 0 Å². The molecule has 0 fully saturated rings. The molecule has 0 spiro atoms. The lowest BCUT2D eigenvalue weighted by Crippen LogP contribution is -2.34. The summed E-state index contributed by atoms with van der Waals surface area (Å²) < 4.78 is 68.2. The highest BCUT2D eigenvalue weighted by Gasteiger charge is 2.22. The molecule has 0 aliphatic heterocycles. The third kappa shape index (κ3) is 4.67. The van der Waals surface area contributed by atoms with E-state index in [1.807, 2.05) is 0 Å². The number of nitrogens with one attached hydrogen (secondary N) is 1. The molecule has 19 heavy (non-hydrogen) atoms. The minimum atomic E-state index is -3.67. The van der Waals surface area contributed by atoms with Crippen LogP contribution in [0.25, 0.3) is 0 Å². The van der Waals surface area contributed by atoms with Crippen molar-refractivity contribution in [2.45, 2.75) is 43.4 Å². The molecular formula is C12H20N2O3S2. The van der Waals surface area contributed by atoms with E-state index < -0.39 is 38.4 Å². The van der Waals surface area contributed by atoms with Crippen LogP contribution in [-0.4, -0.2) is 28.6 Å². The highest BCUT2D eigenvalue weighted by atomic mass is 32.2. The molecule has 0 aromatic carbocycles. The summed E-state index contributed by atoms with van der Waals surface area (Å²) in [5.41, 5.74) is -0.148. The van der Waals surface area contributed by atoms with Crippen LogP contribution < -0.4 is 4.72 Å². The van der Waals surface area contributed by atoms with Crippen molar-refractivity contribution in [1.82, 2.24) is 9.71 Å². The first kappa shape index (κ1) is 10.9. The number of nitrogens with zero attached hydrogens (tertiary/aromatic N) is 1. The van der Waals surface area contributed by atoms with Crippen LogP contribution in [0.3, 0.4) is 0 Å². The summed E-state index contributed by atoms with van der Waals surface area (Å²) in [6.07, 6.45) is 2.04. The Morgan fingerprint density at radius 2 is 2.16 bits per heavy atom. The highest BCUT2D eigenvalue weighted by Crippen LogP contribution is 2.18. The molecule has 0 saturated heterocycles. The van der Waals surface area contributed by atoms with Gasteiger partial charge < -0.3 is 0 Å². The molecule has 1 N–H and O–H groups in total. The normalized spacial score (nSPS) is 21.5. The van der Waals surface area contributed by atoms with Crippen molar-refractivity contribution in [2.24, 2.45) is 0 Å². The average molecular weight is 308 g/mol. The first-order valence-electron chi connectivity index (χ1n) is 7.45. The fraction of sp³-hybridized carbons (Fsp3) is 0.583. The van der Waals surface area contributed by atoms with Gasteiger partial charge in [0.1, 0.15) is 0 Å². The quantitative estimate of drug-likeness (QED) is 0.916. The monoisotopic (exact) mass is 308 g/mol. The van der Waals surface area contributed by atoms with E-state index >= 15 is 0 Å². The standard InChI is InChI=1S/C12H20N2O3S2/c1-9(14-18(15)12(2,3)4)10-6-7-13-11(8-10)19(5,16)17/h6-9,14H,1-5H3/t9-,18-/m1/s1/i1D3,9D. The number of pyridine rings is 1. The summed E-state index contributed by atoms with van der Waals surface area (Å²) in [7, 11) is -5.52. The summed E-state index contributed by atoms with van der Waals surface area (Å²) in [4.78, 5) is 3.68. The predicted octanol–water partition coefficient (Wildman–Crippen LogP) is 1.60. The molecule has 1 heterocycles. The minimum absolute atomic E-state index is 0.148. The summed E-state index contributed by atoms with van der Waals surface area (Å²) in [6, 6.07) is -0.198. The fourth-order valence-corrected chi connectivity index (χ4v) is 2.28. The van der Waals surface area contributed by atoms with E-state index in [1.54, 1.807) is 20.8 Å². The van der Waals surface area contributed by atoms with Crippen LogP contribution in [-0.2, 0) is 20.8 Å². The van der Waals surface area contributed by atoms with E-state index in [0.717, 1.165) is 18.5 Å². The van der Waals surface area contributed by atoms with Gasteiger partial charge in [-0.1, -0.05) is 0 Å². The number of hydrogen-bond donors (Lipinski definition) is 1. The Labute approximate surface area is 123 Å². The van der Waals surface area contributed by atoms with Gasteiger partial charge in [-0.2, -0.15) is 0 Å². The van der Waals surface area contributed by atoms with Gasteiger partial charge in [0.2, 0.25) is 0 Å². The first-order chi connectivity index (χ1) is 10.1. The Morgan fingerprint density at radius 1 is 1.53 bits per heavy atom. The Bertz CT molecular complexity index is 714. The second-order valence-electron chi connectivity index (χ2n) is 5.01. The van der Waals surface area contributed by atoms with Gasteiger partial charge in [-0.15, -0.1) is 0 Å². The zero-order valence-electron chi connectivity index (χ0n) is 15.2. The highest BCUT2D eigenvalue weighted by molar-refractivity contribution is 7.90. The molecule has 5 nitrogen and oxygen atoms in total. The lowest BCUT2D eigenvalue weighted by molar-refractivity contribution is 0.597. The van der Waals surface area contributed by atoms with Crippen LogP contribution in [0.1, 0.15) is 44.7 Å². The smallest absolute Gasteiger partial charge is 0.192 e. The molecule has 2 atom stereocenters. The molecule has 1 rings (SSSR count). The largest absolute Gasteiger partial charge is 0.245 e. The second-order valence-corrected chi connectivity index (χ2v) is 8.94. The number of sulfone groups is 1. The van der Waals surface area contributed by atoms with Crippen LogP contribution in [0.15, 0.2) is 23.4 Å². The lowest BCUT2D eigenvalue weighted by Gasteiger charge is -2.22. The van der Waals surface area contributed by atoms with Crippen LogP contribution in [0.4, 0.5) is 0 Å². The Kier molecular flexibility index (Phi) is 3.27. The van der Waals surface area contributed by atoms with Gasteiger partial charge in [0.25, 0.3) is 0 Å². The zero-order valence-corrected chi connectivity index (χ0v) is 12.9. The molecule has 0 saturated carbocycles. The molecule has 0 aliphatic rings. The number of rotatable bonds is 4. The summed E-state index contributed by atoms with van der Waals surface area (Å²) in [5, 5.41) is -0.348. The minimum Gasteiger partial charge on any atom is -0.245 e. The van der Waals surface area contributed by atoms with E-state index in [9.17, 15) is 12.6 Å². The third-order valence-electron chi connectivity index (χ3n) is 2.15. The van der Waals surface area contributed by atoms with E-state index in [0.29, 0.717) is 0 Å². The summed E-state index contributed by atoms with van der Waals surface area (Å²) in [5.74, 6) is 0. The maximum absolute atomic E-state index is 12.3. The van der Waals surface area contributed by atoms with Crippen molar-refractivity contribution in [1.29, 1.82) is 0 Å². The summed E-state index contributed by atoms with van der Waals surface area (Å²) in [6.45, 7) is 2.00. The maximum Gasteiger partial charge on any atom is 0.192 e. The molecule has 108 valence electrons. The van der Waals surface area contributed by atoms with Gasteiger partial charge in [0, 0.05) is 22.6 Å². The zero-order chi connectivity index (χ0) is 18.3. The SMILES string of the molecule is [2H]C([2H])([2H])[C@@]([2H])(N[S@](=O)C(C)(C)C)c1ccnc(S(C)(=O)=O)c1. The summed E-state index contributed by atoms with van der Waals surface area (Å²) >= 11 is 0. The van der Waals surface area contributed by atoms with Crippen molar-refractivity contribution in [3.63, 3.8) is 0 Å². The van der Waals surface area contributed by atoms with Gasteiger partial charge in [0.05, 0.1) is 17.1 Å². The number of hydrogen-bond acceptors (Lipinski definition) is 4. The molecule has 0 radical (unpaired) electrons. The Hall–Kier alpha value is -0.790. The fourth-order valence-electron chi connectivity index (χ4n) is 1.07. The van der Waals surface area contributed by atoms with E-state index in [4.69, 9.17) is 5.48 Å². The molecule has 0 bridgehead atoms. The van der Waals surface area contributed by atoms with Crippen molar-refractivity contribution >= 4 is 20.8 Å². The molecular weight excluding hydrogens is 284 g/mol. The third-order valence-corrected chi connectivity index (χ3v) is 4.64. The molecule has 1 aromatic rings. The molecule has 0 unspecified atom stereocenters. The van der Waals surface area contributed by atoms with Crippen LogP contribution in [0.2, 0.25) is 0 Å². The van der Waals surface area contributed by atoms with Gasteiger partial charge in [-0.3, -0.25) is 0 Å². The van der Waals surface area contributed by atoms with Gasteiger partial charge in [-0.25, -0.2) is 22.3 Å². The second kappa shape index (κ2) is 5.68. The lowest BCUT2D eigenvalue weighted by atomic mass is 10.1. The maximum atomic E-state index is 12.3. The van der Waals surface area contributed by atoms with Crippen LogP contribution in [0, 0.1) is 0 Å². The number of aromatic nitrogens is 1. The van der Waals surface area contributed by atoms with E-state index in [1.165, 1.54) is 6.07 Å². The first-order valence-corrected chi connectivity index (χ1v) is 8.49. The van der Waals surface area contributed by atoms with Crippen molar-refractivity contribution in [2.75, 3.05) is 6.26 Å². The predicted molar refractivity (Wildman–Crippen MR) is 76.8 cm³/mol. The average Bonchev–Trinajstić information content (AvgIpc) is 2.35. The topological polar surface area (TPSA) is 76.1 Å². The van der Waals surface area contributed by atoms with Crippen molar-refractivity contribution in [3.8, 4) is 0 Å². The Morgan fingerprint density at radius 3 is 2.63 bits per heavy atom. The Balaban J connectivity index is 3.47. The molecule has 0 aliphatic carbocycles. The van der Waals surface area contributed by atoms with Gasteiger partial charge >= 0.3 is 0 Å². The van der Waals surface area contributed by atoms with Gasteiger partial charge in [-0.05, 0) is 45.3 Å². The van der Waals surface area contributed by atoms with Crippen molar-refractivity contribution < 1.29 is 18.1 Å². The molecule has 1 aromatic heterocycles. The van der Waals surface area contributed by atoms with Gasteiger partial charge in [0.15, 0.2) is 14.9 Å². The van der Waals surface area contributed by atoms with E-state index in [-0.39, 0.29) is 10.6 Å².